The molecule has 2 aromatic rings. The molecule has 120 valence electrons. The zero-order valence-corrected chi connectivity index (χ0v) is 14.9. The van der Waals surface area contributed by atoms with Gasteiger partial charge >= 0.3 is 0 Å². The molecule has 2 aromatic carbocycles. The number of carbonyl (C=O) groups excluding carboxylic acids is 2. The Labute approximate surface area is 148 Å². The quantitative estimate of drug-likeness (QED) is 0.740. The van der Waals surface area contributed by atoms with Crippen molar-refractivity contribution in [2.24, 2.45) is 0 Å². The summed E-state index contributed by atoms with van der Waals surface area (Å²) < 4.78 is 0.771. The minimum atomic E-state index is -0.312. The predicted molar refractivity (Wildman–Crippen MR) is 97.1 cm³/mol. The summed E-state index contributed by atoms with van der Waals surface area (Å²) in [6.45, 7) is 1.94. The number of amides is 2. The van der Waals surface area contributed by atoms with E-state index in [1.165, 1.54) is 0 Å². The van der Waals surface area contributed by atoms with Crippen LogP contribution in [0.2, 0.25) is 5.02 Å². The smallest absolute Gasteiger partial charge is 0.257 e. The molecule has 0 saturated heterocycles. The van der Waals surface area contributed by atoms with E-state index >= 15 is 0 Å². The van der Waals surface area contributed by atoms with E-state index < -0.39 is 0 Å². The third kappa shape index (κ3) is 5.08. The lowest BCUT2D eigenvalue weighted by Crippen LogP contribution is -2.14. The van der Waals surface area contributed by atoms with Gasteiger partial charge in [-0.1, -0.05) is 40.5 Å². The monoisotopic (exact) mass is 394 g/mol. The number of hydrogen-bond acceptors (Lipinski definition) is 2. The topological polar surface area (TPSA) is 58.2 Å². The van der Waals surface area contributed by atoms with Gasteiger partial charge in [0, 0.05) is 22.3 Å². The largest absolute Gasteiger partial charge is 0.326 e. The van der Waals surface area contributed by atoms with Crippen LogP contribution in [-0.4, -0.2) is 11.8 Å². The Bertz CT molecular complexity index is 734. The molecule has 2 N–H and O–H groups in total. The summed E-state index contributed by atoms with van der Waals surface area (Å²) in [6.07, 6.45) is 1.24. The summed E-state index contributed by atoms with van der Waals surface area (Å²) in [7, 11) is 0. The molecular weight excluding hydrogens is 380 g/mol. The Morgan fingerprint density at radius 3 is 2.48 bits per heavy atom. The van der Waals surface area contributed by atoms with Gasteiger partial charge in [-0.25, -0.2) is 0 Å². The third-order valence-electron chi connectivity index (χ3n) is 3.05. The highest BCUT2D eigenvalue weighted by Gasteiger charge is 2.11. The SMILES string of the molecule is CCCC(=O)Nc1cccc(NC(=O)c2cc(Br)ccc2Cl)c1. The number of carbonyl (C=O) groups is 2. The van der Waals surface area contributed by atoms with Crippen molar-refractivity contribution in [3.63, 3.8) is 0 Å². The first kappa shape index (κ1) is 17.5. The van der Waals surface area contributed by atoms with Crippen molar-refractivity contribution in [1.82, 2.24) is 0 Å². The normalized spacial score (nSPS) is 10.2. The van der Waals surface area contributed by atoms with Crippen LogP contribution in [0.25, 0.3) is 0 Å². The Morgan fingerprint density at radius 2 is 1.78 bits per heavy atom. The van der Waals surface area contributed by atoms with Crippen LogP contribution in [0.5, 0.6) is 0 Å². The molecule has 0 fully saturated rings. The molecule has 23 heavy (non-hydrogen) atoms. The molecule has 0 aliphatic carbocycles. The molecule has 2 amide bonds. The molecule has 0 saturated carbocycles. The van der Waals surface area contributed by atoms with Gasteiger partial charge in [-0.3, -0.25) is 9.59 Å². The maximum atomic E-state index is 12.3. The van der Waals surface area contributed by atoms with Gasteiger partial charge in [0.25, 0.3) is 5.91 Å². The molecule has 2 rings (SSSR count). The maximum absolute atomic E-state index is 12.3. The molecule has 4 nitrogen and oxygen atoms in total. The van der Waals surface area contributed by atoms with E-state index in [4.69, 9.17) is 11.6 Å². The predicted octanol–water partition coefficient (Wildman–Crippen LogP) is 5.09. The van der Waals surface area contributed by atoms with Gasteiger partial charge in [-0.05, 0) is 42.8 Å². The minimum Gasteiger partial charge on any atom is -0.326 e. The van der Waals surface area contributed by atoms with E-state index in [1.807, 2.05) is 6.92 Å². The highest BCUT2D eigenvalue weighted by molar-refractivity contribution is 9.10. The van der Waals surface area contributed by atoms with Crippen molar-refractivity contribution in [2.75, 3.05) is 10.6 Å². The summed E-state index contributed by atoms with van der Waals surface area (Å²) in [5, 5.41) is 5.94. The van der Waals surface area contributed by atoms with Gasteiger partial charge in [0.1, 0.15) is 0 Å². The van der Waals surface area contributed by atoms with E-state index in [9.17, 15) is 9.59 Å². The first-order valence-corrected chi connectivity index (χ1v) is 8.33. The zero-order valence-electron chi connectivity index (χ0n) is 12.5. The van der Waals surface area contributed by atoms with Crippen LogP contribution in [0, 0.1) is 0 Å². The lowest BCUT2D eigenvalue weighted by molar-refractivity contribution is -0.116. The summed E-state index contributed by atoms with van der Waals surface area (Å²) >= 11 is 9.37. The Hall–Kier alpha value is -1.85. The summed E-state index contributed by atoms with van der Waals surface area (Å²) in [5.74, 6) is -0.362. The molecule has 0 spiro atoms. The first-order chi connectivity index (χ1) is 11.0. The summed E-state index contributed by atoms with van der Waals surface area (Å²) in [5.41, 5.74) is 1.60. The van der Waals surface area contributed by atoms with Crippen LogP contribution < -0.4 is 10.6 Å². The van der Waals surface area contributed by atoms with E-state index in [0.29, 0.717) is 28.4 Å². The van der Waals surface area contributed by atoms with Gasteiger partial charge in [0.15, 0.2) is 0 Å². The Balaban J connectivity index is 2.12. The third-order valence-corrected chi connectivity index (χ3v) is 3.88. The molecule has 0 aliphatic rings. The zero-order chi connectivity index (χ0) is 16.8. The van der Waals surface area contributed by atoms with Crippen LogP contribution in [0.3, 0.4) is 0 Å². The van der Waals surface area contributed by atoms with Crippen LogP contribution in [-0.2, 0) is 4.79 Å². The molecule has 6 heteroatoms. The van der Waals surface area contributed by atoms with Gasteiger partial charge in [0.2, 0.25) is 5.91 Å². The lowest BCUT2D eigenvalue weighted by atomic mass is 10.2. The Morgan fingerprint density at radius 1 is 1.09 bits per heavy atom. The van der Waals surface area contributed by atoms with E-state index in [0.717, 1.165) is 10.9 Å². The van der Waals surface area contributed by atoms with E-state index in [2.05, 4.69) is 26.6 Å². The number of anilines is 2. The molecular formula is C17H16BrClN2O2. The molecule has 0 bridgehead atoms. The first-order valence-electron chi connectivity index (χ1n) is 7.16. The van der Waals surface area contributed by atoms with Crippen LogP contribution in [0.4, 0.5) is 11.4 Å². The average Bonchev–Trinajstić information content (AvgIpc) is 2.50. The van der Waals surface area contributed by atoms with E-state index in [1.54, 1.807) is 42.5 Å². The van der Waals surface area contributed by atoms with Crippen LogP contribution >= 0.6 is 27.5 Å². The highest BCUT2D eigenvalue weighted by Crippen LogP contribution is 2.23. The van der Waals surface area contributed by atoms with Crippen molar-refractivity contribution in [1.29, 1.82) is 0 Å². The number of halogens is 2. The summed E-state index contributed by atoms with van der Waals surface area (Å²) in [6, 6.07) is 12.1. The second kappa shape index (κ2) is 8.13. The van der Waals surface area contributed by atoms with Crippen molar-refractivity contribution in [2.45, 2.75) is 19.8 Å². The van der Waals surface area contributed by atoms with Gasteiger partial charge in [-0.2, -0.15) is 0 Å². The van der Waals surface area contributed by atoms with Gasteiger partial charge in [0.05, 0.1) is 10.6 Å². The second-order valence-corrected chi connectivity index (χ2v) is 6.28. The lowest BCUT2D eigenvalue weighted by Gasteiger charge is -2.10. The molecule has 0 aromatic heterocycles. The number of benzene rings is 2. The highest BCUT2D eigenvalue weighted by atomic mass is 79.9. The van der Waals surface area contributed by atoms with Gasteiger partial charge in [-0.15, -0.1) is 0 Å². The Kier molecular flexibility index (Phi) is 6.19. The van der Waals surface area contributed by atoms with E-state index in [-0.39, 0.29) is 11.8 Å². The molecule has 0 aliphatic heterocycles. The number of hydrogen-bond donors (Lipinski definition) is 2. The fraction of sp³-hybridized carbons (Fsp3) is 0.176. The average molecular weight is 396 g/mol. The molecule has 0 atom stereocenters. The fourth-order valence-corrected chi connectivity index (χ4v) is 2.56. The van der Waals surface area contributed by atoms with Crippen molar-refractivity contribution in [3.05, 3.63) is 57.5 Å². The summed E-state index contributed by atoms with van der Waals surface area (Å²) in [4.78, 5) is 23.9. The van der Waals surface area contributed by atoms with Crippen molar-refractivity contribution in [3.8, 4) is 0 Å². The second-order valence-electron chi connectivity index (χ2n) is 4.96. The fourth-order valence-electron chi connectivity index (χ4n) is 2.00. The molecule has 0 radical (unpaired) electrons. The number of rotatable bonds is 5. The van der Waals surface area contributed by atoms with Crippen molar-refractivity contribution >= 4 is 50.7 Å². The maximum Gasteiger partial charge on any atom is 0.257 e. The van der Waals surface area contributed by atoms with Crippen molar-refractivity contribution < 1.29 is 9.59 Å². The number of nitrogens with one attached hydrogen (secondary N) is 2. The minimum absolute atomic E-state index is 0.0500. The van der Waals surface area contributed by atoms with Crippen LogP contribution in [0.15, 0.2) is 46.9 Å². The molecule has 0 heterocycles. The molecule has 0 unspecified atom stereocenters. The van der Waals surface area contributed by atoms with Crippen LogP contribution in [0.1, 0.15) is 30.1 Å². The van der Waals surface area contributed by atoms with Gasteiger partial charge < -0.3 is 10.6 Å². The standard InChI is InChI=1S/C17H16BrClN2O2/c1-2-4-16(22)20-12-5-3-6-13(10-12)21-17(23)14-9-11(18)7-8-15(14)19/h3,5-10H,2,4H2,1H3,(H,20,22)(H,21,23).